The molecule has 0 radical (unpaired) electrons. The SMILES string of the molecule is CCCCCCCCCCCCCCCCOCC(C)[N+](C)(C)CCO.[Br-]. The highest BCUT2D eigenvalue weighted by Crippen LogP contribution is 2.13. The molecule has 27 heavy (non-hydrogen) atoms. The van der Waals surface area contributed by atoms with Crippen LogP contribution >= 0.6 is 0 Å². The Balaban J connectivity index is 0. The lowest BCUT2D eigenvalue weighted by molar-refractivity contribution is -0.913. The second-order valence-electron chi connectivity index (χ2n) is 8.75. The number of hydrogen-bond donors (Lipinski definition) is 1. The molecule has 0 aromatic rings. The molecule has 4 heteroatoms. The second kappa shape index (κ2) is 21.1. The Morgan fingerprint density at radius 2 is 1.15 bits per heavy atom. The lowest BCUT2D eigenvalue weighted by atomic mass is 10.0. The lowest BCUT2D eigenvalue weighted by Crippen LogP contribution is -3.00. The van der Waals surface area contributed by atoms with Gasteiger partial charge in [-0.2, -0.15) is 0 Å². The third kappa shape index (κ3) is 19.4. The van der Waals surface area contributed by atoms with Gasteiger partial charge in [-0.1, -0.05) is 90.4 Å². The van der Waals surface area contributed by atoms with E-state index in [9.17, 15) is 0 Å². The molecule has 1 N–H and O–H groups in total. The average molecular weight is 453 g/mol. The van der Waals surface area contributed by atoms with E-state index in [0.29, 0.717) is 6.04 Å². The summed E-state index contributed by atoms with van der Waals surface area (Å²) in [7, 11) is 4.33. The van der Waals surface area contributed by atoms with Crippen LogP contribution in [0, 0.1) is 0 Å². The fraction of sp³-hybridized carbons (Fsp3) is 1.00. The Kier molecular flexibility index (Phi) is 23.1. The van der Waals surface area contributed by atoms with Crippen LogP contribution in [0.2, 0.25) is 0 Å². The van der Waals surface area contributed by atoms with E-state index in [0.717, 1.165) is 24.2 Å². The first-order chi connectivity index (χ1) is 12.5. The van der Waals surface area contributed by atoms with Crippen LogP contribution in [-0.4, -0.2) is 56.1 Å². The van der Waals surface area contributed by atoms with Gasteiger partial charge in [0, 0.05) is 6.61 Å². The Morgan fingerprint density at radius 3 is 1.56 bits per heavy atom. The Labute approximate surface area is 181 Å². The van der Waals surface area contributed by atoms with Crippen LogP contribution in [0.5, 0.6) is 0 Å². The molecular weight excluding hydrogens is 402 g/mol. The van der Waals surface area contributed by atoms with Crippen LogP contribution in [0.25, 0.3) is 0 Å². The van der Waals surface area contributed by atoms with E-state index >= 15 is 0 Å². The van der Waals surface area contributed by atoms with Crippen LogP contribution < -0.4 is 17.0 Å². The van der Waals surface area contributed by atoms with Gasteiger partial charge in [-0.25, -0.2) is 0 Å². The third-order valence-electron chi connectivity index (χ3n) is 5.87. The van der Waals surface area contributed by atoms with E-state index in [2.05, 4.69) is 27.9 Å². The fourth-order valence-corrected chi connectivity index (χ4v) is 3.33. The molecule has 0 aromatic heterocycles. The van der Waals surface area contributed by atoms with Crippen molar-refractivity contribution in [2.75, 3.05) is 40.5 Å². The van der Waals surface area contributed by atoms with Crippen LogP contribution in [0.1, 0.15) is 104 Å². The summed E-state index contributed by atoms with van der Waals surface area (Å²) in [4.78, 5) is 0. The van der Waals surface area contributed by atoms with Crippen molar-refractivity contribution in [3.63, 3.8) is 0 Å². The molecule has 0 aliphatic heterocycles. The molecule has 1 atom stereocenters. The highest BCUT2D eigenvalue weighted by Gasteiger charge is 2.23. The Morgan fingerprint density at radius 1 is 0.741 bits per heavy atom. The first-order valence-electron chi connectivity index (χ1n) is 11.6. The molecule has 0 aromatic carbocycles. The third-order valence-corrected chi connectivity index (χ3v) is 5.87. The van der Waals surface area contributed by atoms with Gasteiger partial charge in [0.25, 0.3) is 0 Å². The molecule has 0 aliphatic rings. The number of nitrogens with zero attached hydrogens (tertiary/aromatic N) is 1. The van der Waals surface area contributed by atoms with Crippen molar-refractivity contribution in [2.24, 2.45) is 0 Å². The van der Waals surface area contributed by atoms with Crippen LogP contribution in [0.4, 0.5) is 0 Å². The molecule has 0 fully saturated rings. The topological polar surface area (TPSA) is 29.5 Å². The van der Waals surface area contributed by atoms with Gasteiger partial charge in [0.2, 0.25) is 0 Å². The van der Waals surface area contributed by atoms with Crippen LogP contribution in [0.3, 0.4) is 0 Å². The highest BCUT2D eigenvalue weighted by atomic mass is 79.9. The monoisotopic (exact) mass is 451 g/mol. The van der Waals surface area contributed by atoms with Crippen molar-refractivity contribution in [2.45, 2.75) is 110 Å². The quantitative estimate of drug-likeness (QED) is 0.227. The molecule has 3 nitrogen and oxygen atoms in total. The highest BCUT2D eigenvalue weighted by molar-refractivity contribution is 4.51. The number of hydrogen-bond acceptors (Lipinski definition) is 2. The van der Waals surface area contributed by atoms with Gasteiger partial charge in [-0.05, 0) is 13.3 Å². The standard InChI is InChI=1S/C23H50NO2.BrH/c1-5-6-7-8-9-10-11-12-13-14-15-16-17-18-21-26-22-23(2)24(3,4)19-20-25;/h23,25H,5-22H2,1-4H3;1H/q+1;/p-1. The largest absolute Gasteiger partial charge is 1.00 e. The van der Waals surface area contributed by atoms with Crippen molar-refractivity contribution >= 4 is 0 Å². The molecule has 0 bridgehead atoms. The molecule has 0 rings (SSSR count). The predicted molar refractivity (Wildman–Crippen MR) is 115 cm³/mol. The van der Waals surface area contributed by atoms with Gasteiger partial charge in [-0.3, -0.25) is 0 Å². The molecule has 166 valence electrons. The number of quaternary nitrogens is 1. The number of ether oxygens (including phenoxy) is 1. The minimum absolute atomic E-state index is 0. The molecule has 0 aliphatic carbocycles. The normalized spacial score (nSPS) is 12.8. The summed E-state index contributed by atoms with van der Waals surface area (Å²) in [6.45, 7) is 7.22. The van der Waals surface area contributed by atoms with Gasteiger partial charge in [0.15, 0.2) is 0 Å². The molecular formula is C23H50BrNO2. The summed E-state index contributed by atoms with van der Waals surface area (Å²) in [5.74, 6) is 0. The van der Waals surface area contributed by atoms with E-state index in [-0.39, 0.29) is 23.6 Å². The zero-order chi connectivity index (χ0) is 19.5. The number of halogens is 1. The van der Waals surface area contributed by atoms with Crippen LogP contribution in [0.15, 0.2) is 0 Å². The molecule has 0 amide bonds. The first kappa shape index (κ1) is 29.6. The zero-order valence-corrected chi connectivity index (χ0v) is 20.6. The summed E-state index contributed by atoms with van der Waals surface area (Å²) in [6, 6.07) is 0.439. The molecule has 0 saturated carbocycles. The summed E-state index contributed by atoms with van der Waals surface area (Å²) >= 11 is 0. The van der Waals surface area contributed by atoms with Crippen LogP contribution in [-0.2, 0) is 4.74 Å². The zero-order valence-electron chi connectivity index (χ0n) is 19.0. The molecule has 0 saturated heterocycles. The number of aliphatic hydroxyl groups excluding tert-OH is 1. The molecule has 0 spiro atoms. The van der Waals surface area contributed by atoms with Crippen molar-refractivity contribution in [3.8, 4) is 0 Å². The summed E-state index contributed by atoms with van der Waals surface area (Å²) < 4.78 is 6.67. The molecule has 1 unspecified atom stereocenters. The summed E-state index contributed by atoms with van der Waals surface area (Å²) in [6.07, 6.45) is 19.6. The van der Waals surface area contributed by atoms with Crippen molar-refractivity contribution in [1.29, 1.82) is 0 Å². The van der Waals surface area contributed by atoms with Crippen molar-refractivity contribution < 1.29 is 31.3 Å². The van der Waals surface area contributed by atoms with E-state index in [1.54, 1.807) is 0 Å². The van der Waals surface area contributed by atoms with E-state index < -0.39 is 0 Å². The minimum Gasteiger partial charge on any atom is -1.00 e. The maximum atomic E-state index is 9.11. The Hall–Kier alpha value is 0.360. The average Bonchev–Trinajstić information content (AvgIpc) is 2.61. The van der Waals surface area contributed by atoms with E-state index in [1.807, 2.05) is 0 Å². The molecule has 0 heterocycles. The fourth-order valence-electron chi connectivity index (χ4n) is 3.33. The smallest absolute Gasteiger partial charge is 0.109 e. The van der Waals surface area contributed by atoms with Gasteiger partial charge < -0.3 is 31.3 Å². The number of unbranched alkanes of at least 4 members (excludes halogenated alkanes) is 13. The predicted octanol–water partition coefficient (Wildman–Crippen LogP) is 2.95. The van der Waals surface area contributed by atoms with Gasteiger partial charge >= 0.3 is 0 Å². The number of likely N-dealkylation sites (N-methyl/N-ethyl adjacent to an activating group) is 1. The Bertz CT molecular complexity index is 288. The van der Waals surface area contributed by atoms with Crippen molar-refractivity contribution in [1.82, 2.24) is 0 Å². The van der Waals surface area contributed by atoms with Crippen molar-refractivity contribution in [3.05, 3.63) is 0 Å². The number of rotatable bonds is 20. The maximum absolute atomic E-state index is 9.11. The van der Waals surface area contributed by atoms with Gasteiger partial charge in [0.05, 0.1) is 27.3 Å². The van der Waals surface area contributed by atoms with Gasteiger partial charge in [-0.15, -0.1) is 0 Å². The lowest BCUT2D eigenvalue weighted by Gasteiger charge is -2.35. The van der Waals surface area contributed by atoms with E-state index in [1.165, 1.54) is 89.9 Å². The summed E-state index contributed by atoms with van der Waals surface area (Å²) in [5, 5.41) is 9.11. The second-order valence-corrected chi connectivity index (χ2v) is 8.75. The maximum Gasteiger partial charge on any atom is 0.109 e. The number of aliphatic hydroxyl groups is 1. The first-order valence-corrected chi connectivity index (χ1v) is 11.6. The van der Waals surface area contributed by atoms with E-state index in [4.69, 9.17) is 9.84 Å². The summed E-state index contributed by atoms with van der Waals surface area (Å²) in [5.41, 5.74) is 0. The van der Waals surface area contributed by atoms with Gasteiger partial charge in [0.1, 0.15) is 12.6 Å². The minimum atomic E-state index is 0.